The molecular weight excluding hydrogens is 226 g/mol. The summed E-state index contributed by atoms with van der Waals surface area (Å²) in [7, 11) is -0.135. The minimum atomic E-state index is -3.43. The number of aromatic nitrogens is 1. The van der Waals surface area contributed by atoms with Gasteiger partial charge in [0.1, 0.15) is 4.90 Å². The zero-order valence-electron chi connectivity index (χ0n) is 9.55. The molecule has 0 atom stereocenters. The Morgan fingerprint density at radius 3 is 2.69 bits per heavy atom. The van der Waals surface area contributed by atoms with E-state index in [9.17, 15) is 8.42 Å². The minimum absolute atomic E-state index is 0.264. The first-order valence-corrected chi connectivity index (χ1v) is 6.30. The second-order valence-corrected chi connectivity index (χ2v) is 5.60. The average Bonchev–Trinajstić information content (AvgIpc) is 2.60. The Hall–Kier alpha value is -1.11. The summed E-state index contributed by atoms with van der Waals surface area (Å²) in [5.41, 5.74) is 6.28. The van der Waals surface area contributed by atoms with E-state index >= 15 is 0 Å². The molecule has 0 radical (unpaired) electrons. The fraction of sp³-hybridized carbons (Fsp3) is 0.400. The van der Waals surface area contributed by atoms with Crippen LogP contribution in [0, 0.1) is 0 Å². The largest absolute Gasteiger partial charge is 0.352 e. The number of nitrogens with zero attached hydrogens (tertiary/aromatic N) is 2. The van der Waals surface area contributed by atoms with E-state index in [-0.39, 0.29) is 11.4 Å². The van der Waals surface area contributed by atoms with Crippen LogP contribution in [-0.2, 0) is 23.6 Å². The van der Waals surface area contributed by atoms with Crippen LogP contribution in [0.1, 0.15) is 5.69 Å². The summed E-state index contributed by atoms with van der Waals surface area (Å²) in [5.74, 6) is 0. The molecule has 0 spiro atoms. The summed E-state index contributed by atoms with van der Waals surface area (Å²) in [4.78, 5) is 0.264. The first-order valence-electron chi connectivity index (χ1n) is 4.86. The molecule has 90 valence electrons. The van der Waals surface area contributed by atoms with Gasteiger partial charge in [-0.15, -0.1) is 6.58 Å². The van der Waals surface area contributed by atoms with Gasteiger partial charge >= 0.3 is 0 Å². The lowest BCUT2D eigenvalue weighted by Gasteiger charge is -2.13. The summed E-state index contributed by atoms with van der Waals surface area (Å²) < 4.78 is 27.0. The first-order chi connectivity index (χ1) is 7.43. The molecule has 0 amide bonds. The van der Waals surface area contributed by atoms with Gasteiger partial charge in [0.2, 0.25) is 10.0 Å². The highest BCUT2D eigenvalue weighted by Gasteiger charge is 2.21. The third-order valence-corrected chi connectivity index (χ3v) is 4.18. The van der Waals surface area contributed by atoms with Crippen molar-refractivity contribution in [3.05, 3.63) is 30.6 Å². The van der Waals surface area contributed by atoms with Crippen LogP contribution in [-0.4, -0.2) is 30.9 Å². The molecule has 0 aliphatic rings. The van der Waals surface area contributed by atoms with Crippen LogP contribution in [0.3, 0.4) is 0 Å². The van der Waals surface area contributed by atoms with E-state index in [1.54, 1.807) is 30.0 Å². The molecule has 1 aromatic heterocycles. The predicted molar refractivity (Wildman–Crippen MR) is 63.3 cm³/mol. The van der Waals surface area contributed by atoms with Gasteiger partial charge in [-0.05, 0) is 6.07 Å². The molecule has 0 unspecified atom stereocenters. The predicted octanol–water partition coefficient (Wildman–Crippen LogP) is 0.290. The molecule has 2 N–H and O–H groups in total. The molecule has 0 aliphatic carbocycles. The fourth-order valence-electron chi connectivity index (χ4n) is 1.38. The molecular formula is C10H17N3O2S. The normalized spacial score (nSPS) is 12.0. The van der Waals surface area contributed by atoms with Gasteiger partial charge in [0.25, 0.3) is 0 Å². The smallest absolute Gasteiger partial charge is 0.244 e. The van der Waals surface area contributed by atoms with Gasteiger partial charge in [0, 0.05) is 39.1 Å². The molecule has 16 heavy (non-hydrogen) atoms. The molecule has 1 rings (SSSR count). The Morgan fingerprint density at radius 2 is 2.25 bits per heavy atom. The Labute approximate surface area is 96.2 Å². The van der Waals surface area contributed by atoms with Crippen molar-refractivity contribution in [1.29, 1.82) is 0 Å². The van der Waals surface area contributed by atoms with Crippen molar-refractivity contribution in [2.45, 2.75) is 11.4 Å². The summed E-state index contributed by atoms with van der Waals surface area (Å²) in [6.07, 6.45) is 3.11. The number of likely N-dealkylation sites (N-methyl/N-ethyl adjacent to an activating group) is 1. The summed E-state index contributed by atoms with van der Waals surface area (Å²) in [6.45, 7) is 4.12. The van der Waals surface area contributed by atoms with E-state index in [0.717, 1.165) is 5.69 Å². The Kier molecular flexibility index (Phi) is 3.90. The quantitative estimate of drug-likeness (QED) is 0.756. The summed E-state index contributed by atoms with van der Waals surface area (Å²) in [6, 6.07) is 1.59. The lowest BCUT2D eigenvalue weighted by molar-refractivity contribution is 0.499. The van der Waals surface area contributed by atoms with E-state index in [0.29, 0.717) is 6.54 Å². The zero-order valence-corrected chi connectivity index (χ0v) is 10.4. The average molecular weight is 243 g/mol. The number of aryl methyl sites for hydroxylation is 1. The van der Waals surface area contributed by atoms with Crippen molar-refractivity contribution >= 4 is 10.0 Å². The monoisotopic (exact) mass is 243 g/mol. The second kappa shape index (κ2) is 4.82. The summed E-state index contributed by atoms with van der Waals surface area (Å²) in [5, 5.41) is 0. The van der Waals surface area contributed by atoms with Crippen molar-refractivity contribution < 1.29 is 8.42 Å². The van der Waals surface area contributed by atoms with E-state index in [4.69, 9.17) is 5.73 Å². The third kappa shape index (κ3) is 2.34. The van der Waals surface area contributed by atoms with Gasteiger partial charge in [-0.1, -0.05) is 6.08 Å². The Morgan fingerprint density at radius 1 is 1.62 bits per heavy atom. The highest BCUT2D eigenvalue weighted by Crippen LogP contribution is 2.16. The zero-order chi connectivity index (χ0) is 12.3. The summed E-state index contributed by atoms with van der Waals surface area (Å²) >= 11 is 0. The van der Waals surface area contributed by atoms with Gasteiger partial charge < -0.3 is 10.3 Å². The number of sulfonamides is 1. The Balaban J connectivity index is 3.12. The molecule has 1 aromatic rings. The first kappa shape index (κ1) is 13.0. The van der Waals surface area contributed by atoms with Gasteiger partial charge in [0.15, 0.2) is 0 Å². The number of nitrogens with two attached hydrogens (primary N) is 1. The second-order valence-electron chi connectivity index (χ2n) is 3.56. The van der Waals surface area contributed by atoms with Crippen molar-refractivity contribution in [3.63, 3.8) is 0 Å². The molecule has 0 fully saturated rings. The molecule has 0 aliphatic heterocycles. The molecule has 5 nitrogen and oxygen atoms in total. The van der Waals surface area contributed by atoms with E-state index < -0.39 is 10.0 Å². The molecule has 0 saturated carbocycles. The van der Waals surface area contributed by atoms with Gasteiger partial charge in [0.05, 0.1) is 0 Å². The van der Waals surface area contributed by atoms with Crippen LogP contribution < -0.4 is 5.73 Å². The lowest BCUT2D eigenvalue weighted by Crippen LogP contribution is -2.26. The van der Waals surface area contributed by atoms with Gasteiger partial charge in [-0.25, -0.2) is 8.42 Å². The highest BCUT2D eigenvalue weighted by molar-refractivity contribution is 7.89. The molecule has 6 heteroatoms. The van der Waals surface area contributed by atoms with Crippen LogP contribution in [0.15, 0.2) is 29.8 Å². The Bertz CT molecular complexity index is 476. The van der Waals surface area contributed by atoms with Crippen molar-refractivity contribution in [3.8, 4) is 0 Å². The van der Waals surface area contributed by atoms with Crippen molar-refractivity contribution in [2.75, 3.05) is 13.6 Å². The highest BCUT2D eigenvalue weighted by atomic mass is 32.2. The number of rotatable bonds is 5. The maximum atomic E-state index is 12.0. The molecule has 1 heterocycles. The SMILES string of the molecule is C=CCN(C)S(=O)(=O)c1cc(CN)n(C)c1. The van der Waals surface area contributed by atoms with E-state index in [2.05, 4.69) is 6.58 Å². The lowest BCUT2D eigenvalue weighted by atomic mass is 10.4. The molecule has 0 aromatic carbocycles. The molecule has 0 saturated heterocycles. The maximum Gasteiger partial charge on any atom is 0.244 e. The van der Waals surface area contributed by atoms with Crippen LogP contribution in [0.5, 0.6) is 0 Å². The standard InChI is InChI=1S/C10H17N3O2S/c1-4-5-13(3)16(14,15)10-6-9(7-11)12(2)8-10/h4,6,8H,1,5,7,11H2,2-3H3. The maximum absolute atomic E-state index is 12.0. The third-order valence-electron chi connectivity index (χ3n) is 2.39. The molecule has 0 bridgehead atoms. The number of hydrogen-bond acceptors (Lipinski definition) is 3. The van der Waals surface area contributed by atoms with Crippen LogP contribution in [0.4, 0.5) is 0 Å². The topological polar surface area (TPSA) is 68.3 Å². The van der Waals surface area contributed by atoms with Crippen molar-refractivity contribution in [1.82, 2.24) is 8.87 Å². The number of hydrogen-bond donors (Lipinski definition) is 1. The van der Waals surface area contributed by atoms with E-state index in [1.807, 2.05) is 0 Å². The van der Waals surface area contributed by atoms with Gasteiger partial charge in [-0.2, -0.15) is 4.31 Å². The van der Waals surface area contributed by atoms with Crippen LogP contribution >= 0.6 is 0 Å². The van der Waals surface area contributed by atoms with Crippen LogP contribution in [0.2, 0.25) is 0 Å². The van der Waals surface area contributed by atoms with Crippen LogP contribution in [0.25, 0.3) is 0 Å². The van der Waals surface area contributed by atoms with E-state index in [1.165, 1.54) is 11.4 Å². The minimum Gasteiger partial charge on any atom is -0.352 e. The van der Waals surface area contributed by atoms with Gasteiger partial charge in [-0.3, -0.25) is 0 Å². The van der Waals surface area contributed by atoms with Crippen molar-refractivity contribution in [2.24, 2.45) is 12.8 Å². The fourth-order valence-corrected chi connectivity index (χ4v) is 2.62.